The molecule has 0 aliphatic carbocycles. The third kappa shape index (κ3) is 4.51. The Bertz CT molecular complexity index is 288. The third-order valence-corrected chi connectivity index (χ3v) is 2.87. The highest BCUT2D eigenvalue weighted by atomic mass is 32.1. The molecule has 1 aromatic rings. The summed E-state index contributed by atoms with van der Waals surface area (Å²) in [6.45, 7) is 0.651. The number of carbonyl (C=O) groups excluding carboxylic acids is 1. The number of methoxy groups -OCH3 is 1. The van der Waals surface area contributed by atoms with Gasteiger partial charge in [-0.2, -0.15) is 0 Å². The fourth-order valence-corrected chi connectivity index (χ4v) is 1.86. The molecular weight excluding hydrogens is 212 g/mol. The molecule has 0 bridgehead atoms. The molecule has 0 aromatic carbocycles. The zero-order chi connectivity index (χ0) is 11.1. The van der Waals surface area contributed by atoms with Crippen LogP contribution < -0.4 is 5.73 Å². The Morgan fingerprint density at radius 1 is 1.73 bits per heavy atom. The highest BCUT2D eigenvalue weighted by molar-refractivity contribution is 7.09. The molecular formula is C10H16N2O2S. The SMILES string of the molecule is COCCCC(N)C(=O)Cc1nccs1. The van der Waals surface area contributed by atoms with Crippen molar-refractivity contribution in [2.75, 3.05) is 13.7 Å². The maximum absolute atomic E-state index is 11.6. The molecule has 0 aliphatic heterocycles. The summed E-state index contributed by atoms with van der Waals surface area (Å²) >= 11 is 1.48. The molecule has 5 heteroatoms. The lowest BCUT2D eigenvalue weighted by atomic mass is 10.1. The summed E-state index contributed by atoms with van der Waals surface area (Å²) in [5.74, 6) is 0.0565. The van der Waals surface area contributed by atoms with Gasteiger partial charge in [-0.3, -0.25) is 4.79 Å². The van der Waals surface area contributed by atoms with Gasteiger partial charge in [0.25, 0.3) is 0 Å². The Balaban J connectivity index is 2.27. The van der Waals surface area contributed by atoms with Gasteiger partial charge in [-0.25, -0.2) is 4.98 Å². The first-order chi connectivity index (χ1) is 7.24. The number of nitrogens with zero attached hydrogens (tertiary/aromatic N) is 1. The number of Topliss-reactive ketones (excluding diaryl/α,β-unsaturated/α-hetero) is 1. The van der Waals surface area contributed by atoms with Crippen molar-refractivity contribution in [1.29, 1.82) is 0 Å². The van der Waals surface area contributed by atoms with Crippen LogP contribution in [0.2, 0.25) is 0 Å². The Morgan fingerprint density at radius 2 is 2.53 bits per heavy atom. The third-order valence-electron chi connectivity index (χ3n) is 2.09. The van der Waals surface area contributed by atoms with Crippen molar-refractivity contribution in [1.82, 2.24) is 4.98 Å². The summed E-state index contributed by atoms with van der Waals surface area (Å²) in [4.78, 5) is 15.7. The molecule has 2 N–H and O–H groups in total. The molecule has 0 aliphatic rings. The summed E-state index contributed by atoms with van der Waals surface area (Å²) in [7, 11) is 1.64. The molecule has 0 saturated carbocycles. The first-order valence-electron chi connectivity index (χ1n) is 4.89. The van der Waals surface area contributed by atoms with Crippen molar-refractivity contribution in [3.8, 4) is 0 Å². The second kappa shape index (κ2) is 6.66. The fourth-order valence-electron chi connectivity index (χ4n) is 1.23. The number of carbonyl (C=O) groups is 1. The number of ketones is 1. The van der Waals surface area contributed by atoms with E-state index >= 15 is 0 Å². The lowest BCUT2D eigenvalue weighted by Gasteiger charge is -2.08. The van der Waals surface area contributed by atoms with E-state index in [1.165, 1.54) is 11.3 Å². The van der Waals surface area contributed by atoms with Crippen LogP contribution in [0, 0.1) is 0 Å². The van der Waals surface area contributed by atoms with Crippen LogP contribution in [0.25, 0.3) is 0 Å². The normalized spacial score (nSPS) is 12.7. The van der Waals surface area contributed by atoms with Gasteiger partial charge in [0.2, 0.25) is 0 Å². The fraction of sp³-hybridized carbons (Fsp3) is 0.600. The molecule has 0 fully saturated rings. The van der Waals surface area contributed by atoms with Crippen molar-refractivity contribution >= 4 is 17.1 Å². The summed E-state index contributed by atoms with van der Waals surface area (Å²) in [6.07, 6.45) is 3.55. The largest absolute Gasteiger partial charge is 0.385 e. The molecule has 4 nitrogen and oxygen atoms in total. The summed E-state index contributed by atoms with van der Waals surface area (Å²) in [5, 5.41) is 2.70. The van der Waals surface area contributed by atoms with E-state index in [9.17, 15) is 4.79 Å². The van der Waals surface area contributed by atoms with Gasteiger partial charge in [0.1, 0.15) is 0 Å². The van der Waals surface area contributed by atoms with Crippen molar-refractivity contribution in [3.63, 3.8) is 0 Å². The minimum absolute atomic E-state index is 0.0565. The van der Waals surface area contributed by atoms with E-state index in [-0.39, 0.29) is 11.8 Å². The Kier molecular flexibility index (Phi) is 5.45. The van der Waals surface area contributed by atoms with Crippen molar-refractivity contribution in [2.45, 2.75) is 25.3 Å². The number of hydrogen-bond acceptors (Lipinski definition) is 5. The van der Waals surface area contributed by atoms with Crippen LogP contribution in [0.5, 0.6) is 0 Å². The summed E-state index contributed by atoms with van der Waals surface area (Å²) < 4.78 is 4.90. The molecule has 0 saturated heterocycles. The summed E-state index contributed by atoms with van der Waals surface area (Å²) in [5.41, 5.74) is 5.75. The van der Waals surface area contributed by atoms with Crippen LogP contribution in [-0.2, 0) is 16.0 Å². The van der Waals surface area contributed by atoms with Crippen LogP contribution in [0.1, 0.15) is 17.8 Å². The van der Waals surface area contributed by atoms with Crippen molar-refractivity contribution in [2.24, 2.45) is 5.73 Å². The van der Waals surface area contributed by atoms with E-state index in [1.54, 1.807) is 13.3 Å². The van der Waals surface area contributed by atoms with E-state index in [4.69, 9.17) is 10.5 Å². The van der Waals surface area contributed by atoms with E-state index in [2.05, 4.69) is 4.98 Å². The highest BCUT2D eigenvalue weighted by Crippen LogP contribution is 2.07. The smallest absolute Gasteiger partial charge is 0.156 e. The van der Waals surface area contributed by atoms with Gasteiger partial charge in [-0.15, -0.1) is 11.3 Å². The topological polar surface area (TPSA) is 65.2 Å². The molecule has 1 atom stereocenters. The number of thiazole rings is 1. The van der Waals surface area contributed by atoms with E-state index < -0.39 is 0 Å². The predicted octanol–water partition coefficient (Wildman–Crippen LogP) is 1.01. The molecule has 0 radical (unpaired) electrons. The lowest BCUT2D eigenvalue weighted by molar-refractivity contribution is -0.119. The first kappa shape index (κ1) is 12.3. The number of aromatic nitrogens is 1. The van der Waals surface area contributed by atoms with Gasteiger partial charge in [-0.05, 0) is 12.8 Å². The first-order valence-corrected chi connectivity index (χ1v) is 5.77. The zero-order valence-electron chi connectivity index (χ0n) is 8.81. The summed E-state index contributed by atoms with van der Waals surface area (Å²) in [6, 6.07) is -0.385. The van der Waals surface area contributed by atoms with Gasteiger partial charge in [-0.1, -0.05) is 0 Å². The lowest BCUT2D eigenvalue weighted by Crippen LogP contribution is -2.32. The molecule has 1 aromatic heterocycles. The molecule has 1 heterocycles. The standard InChI is InChI=1S/C10H16N2O2S/c1-14-5-2-3-8(11)9(13)7-10-12-4-6-15-10/h4,6,8H,2-3,5,7,11H2,1H3. The number of rotatable bonds is 7. The van der Waals surface area contributed by atoms with Gasteiger partial charge in [0.05, 0.1) is 17.5 Å². The highest BCUT2D eigenvalue weighted by Gasteiger charge is 2.14. The zero-order valence-corrected chi connectivity index (χ0v) is 9.63. The number of ether oxygens (including phenoxy) is 1. The molecule has 0 spiro atoms. The van der Waals surface area contributed by atoms with Gasteiger partial charge < -0.3 is 10.5 Å². The van der Waals surface area contributed by atoms with Crippen molar-refractivity contribution < 1.29 is 9.53 Å². The minimum Gasteiger partial charge on any atom is -0.385 e. The molecule has 1 rings (SSSR count). The van der Waals surface area contributed by atoms with Gasteiger partial charge >= 0.3 is 0 Å². The maximum Gasteiger partial charge on any atom is 0.156 e. The number of nitrogens with two attached hydrogens (primary N) is 1. The molecule has 1 unspecified atom stereocenters. The van der Waals surface area contributed by atoms with Crippen LogP contribution in [0.15, 0.2) is 11.6 Å². The Labute approximate surface area is 93.5 Å². The van der Waals surface area contributed by atoms with Crippen LogP contribution >= 0.6 is 11.3 Å². The van der Waals surface area contributed by atoms with E-state index in [0.29, 0.717) is 19.4 Å². The van der Waals surface area contributed by atoms with Gasteiger partial charge in [0, 0.05) is 25.3 Å². The molecule has 0 amide bonds. The second-order valence-electron chi connectivity index (χ2n) is 3.31. The predicted molar refractivity (Wildman–Crippen MR) is 59.9 cm³/mol. The monoisotopic (exact) mass is 228 g/mol. The van der Waals surface area contributed by atoms with Crippen molar-refractivity contribution in [3.05, 3.63) is 16.6 Å². The van der Waals surface area contributed by atoms with Crippen LogP contribution in [0.4, 0.5) is 0 Å². The molecule has 84 valence electrons. The average Bonchev–Trinajstić information content (AvgIpc) is 2.70. The van der Waals surface area contributed by atoms with E-state index in [0.717, 1.165) is 11.4 Å². The Morgan fingerprint density at radius 3 is 3.13 bits per heavy atom. The van der Waals surface area contributed by atoms with Crippen LogP contribution in [-0.4, -0.2) is 30.5 Å². The average molecular weight is 228 g/mol. The minimum atomic E-state index is -0.385. The molecule has 15 heavy (non-hydrogen) atoms. The van der Waals surface area contributed by atoms with Crippen LogP contribution in [0.3, 0.4) is 0 Å². The quantitative estimate of drug-likeness (QED) is 0.707. The number of hydrogen-bond donors (Lipinski definition) is 1. The van der Waals surface area contributed by atoms with Gasteiger partial charge in [0.15, 0.2) is 5.78 Å². The Hall–Kier alpha value is -0.780. The maximum atomic E-state index is 11.6. The second-order valence-corrected chi connectivity index (χ2v) is 4.29. The van der Waals surface area contributed by atoms with E-state index in [1.807, 2.05) is 5.38 Å².